The number of rotatable bonds is 6. The molecule has 0 atom stereocenters. The molecule has 88 valence electrons. The number of nitrogen functional groups attached to an aromatic ring is 2. The van der Waals surface area contributed by atoms with Crippen LogP contribution in [0.1, 0.15) is 37.4 Å². The Labute approximate surface area is 96.8 Å². The molecule has 0 amide bonds. The van der Waals surface area contributed by atoms with E-state index < -0.39 is 0 Å². The van der Waals surface area contributed by atoms with Crippen LogP contribution in [0.4, 0.5) is 11.8 Å². The first-order valence-electron chi connectivity index (χ1n) is 5.70. The summed E-state index contributed by atoms with van der Waals surface area (Å²) in [7, 11) is 0. The second-order valence-corrected chi connectivity index (χ2v) is 3.84. The molecule has 1 heterocycles. The predicted molar refractivity (Wildman–Crippen MR) is 68.0 cm³/mol. The quantitative estimate of drug-likeness (QED) is 0.568. The standard InChI is InChI=1S/C12H20N4/c1-3-5-6-8-9-10(7-4-2)15-12(14)16-11(9)13/h4H,2-3,5-8H2,1H3,(H4,13,14,15,16). The highest BCUT2D eigenvalue weighted by Gasteiger charge is 2.09. The molecule has 1 rings (SSSR count). The van der Waals surface area contributed by atoms with Crippen LogP contribution in [0.25, 0.3) is 0 Å². The van der Waals surface area contributed by atoms with Crippen molar-refractivity contribution in [3.63, 3.8) is 0 Å². The molecule has 0 bridgehead atoms. The van der Waals surface area contributed by atoms with Crippen molar-refractivity contribution in [2.75, 3.05) is 11.5 Å². The van der Waals surface area contributed by atoms with Crippen LogP contribution in [0, 0.1) is 0 Å². The summed E-state index contributed by atoms with van der Waals surface area (Å²) in [5.41, 5.74) is 13.4. The van der Waals surface area contributed by atoms with Gasteiger partial charge >= 0.3 is 0 Å². The van der Waals surface area contributed by atoms with E-state index in [-0.39, 0.29) is 5.95 Å². The topological polar surface area (TPSA) is 77.8 Å². The van der Waals surface area contributed by atoms with Gasteiger partial charge in [-0.3, -0.25) is 0 Å². The smallest absolute Gasteiger partial charge is 0.222 e. The van der Waals surface area contributed by atoms with Gasteiger partial charge in [0.1, 0.15) is 5.82 Å². The van der Waals surface area contributed by atoms with E-state index in [4.69, 9.17) is 11.5 Å². The van der Waals surface area contributed by atoms with Gasteiger partial charge in [-0.1, -0.05) is 25.8 Å². The molecule has 16 heavy (non-hydrogen) atoms. The lowest BCUT2D eigenvalue weighted by Gasteiger charge is -2.10. The average Bonchev–Trinajstić information content (AvgIpc) is 2.22. The predicted octanol–water partition coefficient (Wildman–Crippen LogP) is 2.10. The first kappa shape index (κ1) is 12.5. The van der Waals surface area contributed by atoms with Crippen molar-refractivity contribution in [2.45, 2.75) is 39.0 Å². The number of unbranched alkanes of at least 4 members (excludes halogenated alkanes) is 2. The van der Waals surface area contributed by atoms with Crippen molar-refractivity contribution in [1.82, 2.24) is 9.97 Å². The van der Waals surface area contributed by atoms with Crippen LogP contribution < -0.4 is 11.5 Å². The second kappa shape index (κ2) is 6.10. The Kier molecular flexibility index (Phi) is 4.76. The third-order valence-electron chi connectivity index (χ3n) is 2.51. The van der Waals surface area contributed by atoms with Gasteiger partial charge in [-0.05, 0) is 12.8 Å². The summed E-state index contributed by atoms with van der Waals surface area (Å²) < 4.78 is 0. The van der Waals surface area contributed by atoms with Crippen LogP contribution in [0.5, 0.6) is 0 Å². The molecular weight excluding hydrogens is 200 g/mol. The van der Waals surface area contributed by atoms with Crippen LogP contribution in [-0.4, -0.2) is 9.97 Å². The molecule has 0 unspecified atom stereocenters. The Morgan fingerprint density at radius 1 is 1.25 bits per heavy atom. The van der Waals surface area contributed by atoms with Gasteiger partial charge in [-0.25, -0.2) is 4.98 Å². The van der Waals surface area contributed by atoms with Gasteiger partial charge in [-0.15, -0.1) is 6.58 Å². The minimum atomic E-state index is 0.244. The third-order valence-corrected chi connectivity index (χ3v) is 2.51. The van der Waals surface area contributed by atoms with Gasteiger partial charge in [0.05, 0.1) is 5.69 Å². The fourth-order valence-corrected chi connectivity index (χ4v) is 1.70. The minimum Gasteiger partial charge on any atom is -0.383 e. The molecule has 0 radical (unpaired) electrons. The summed E-state index contributed by atoms with van der Waals surface area (Å²) in [6, 6.07) is 0. The van der Waals surface area contributed by atoms with Gasteiger partial charge < -0.3 is 11.5 Å². The summed E-state index contributed by atoms with van der Waals surface area (Å²) in [6.45, 7) is 5.88. The molecule has 4 N–H and O–H groups in total. The summed E-state index contributed by atoms with van der Waals surface area (Å²) in [5, 5.41) is 0. The largest absolute Gasteiger partial charge is 0.383 e. The number of hydrogen-bond acceptors (Lipinski definition) is 4. The van der Waals surface area contributed by atoms with Crippen LogP contribution >= 0.6 is 0 Å². The van der Waals surface area contributed by atoms with Crippen molar-refractivity contribution in [1.29, 1.82) is 0 Å². The number of aromatic nitrogens is 2. The molecule has 0 aliphatic heterocycles. The highest BCUT2D eigenvalue weighted by Crippen LogP contribution is 2.18. The second-order valence-electron chi connectivity index (χ2n) is 3.84. The summed E-state index contributed by atoms with van der Waals surface area (Å²) in [4.78, 5) is 8.22. The van der Waals surface area contributed by atoms with Crippen molar-refractivity contribution in [2.24, 2.45) is 0 Å². The van der Waals surface area contributed by atoms with Gasteiger partial charge in [0, 0.05) is 12.0 Å². The van der Waals surface area contributed by atoms with E-state index in [2.05, 4.69) is 23.5 Å². The van der Waals surface area contributed by atoms with Crippen molar-refractivity contribution >= 4 is 11.8 Å². The van der Waals surface area contributed by atoms with Gasteiger partial charge in [0.25, 0.3) is 0 Å². The SMILES string of the molecule is C=CCc1nc(N)nc(N)c1CCCCC. The number of nitrogens with zero attached hydrogens (tertiary/aromatic N) is 2. The average molecular weight is 220 g/mol. The number of nitrogens with two attached hydrogens (primary N) is 2. The first-order valence-corrected chi connectivity index (χ1v) is 5.70. The Bertz CT molecular complexity index is 360. The molecule has 0 saturated heterocycles. The Balaban J connectivity index is 2.89. The monoisotopic (exact) mass is 220 g/mol. The minimum absolute atomic E-state index is 0.244. The van der Waals surface area contributed by atoms with E-state index in [1.165, 1.54) is 12.8 Å². The summed E-state index contributed by atoms with van der Waals surface area (Å²) in [6.07, 6.45) is 6.91. The van der Waals surface area contributed by atoms with Crippen molar-refractivity contribution < 1.29 is 0 Å². The molecule has 0 aliphatic carbocycles. The molecule has 0 aromatic carbocycles. The fourth-order valence-electron chi connectivity index (χ4n) is 1.70. The van der Waals surface area contributed by atoms with Gasteiger partial charge in [-0.2, -0.15) is 4.98 Å². The molecule has 0 spiro atoms. The molecule has 1 aromatic rings. The Hall–Kier alpha value is -1.58. The van der Waals surface area contributed by atoms with Gasteiger partial charge in [0.2, 0.25) is 5.95 Å². The lowest BCUT2D eigenvalue weighted by molar-refractivity contribution is 0.711. The normalized spacial score (nSPS) is 10.3. The van der Waals surface area contributed by atoms with E-state index in [1.807, 2.05) is 6.08 Å². The van der Waals surface area contributed by atoms with Crippen LogP contribution in [-0.2, 0) is 12.8 Å². The maximum absolute atomic E-state index is 5.87. The van der Waals surface area contributed by atoms with Crippen LogP contribution in [0.15, 0.2) is 12.7 Å². The van der Waals surface area contributed by atoms with Crippen molar-refractivity contribution in [3.05, 3.63) is 23.9 Å². The maximum Gasteiger partial charge on any atom is 0.222 e. The number of anilines is 2. The lowest BCUT2D eigenvalue weighted by atomic mass is 10.0. The molecule has 0 aliphatic rings. The summed E-state index contributed by atoms with van der Waals surface area (Å²) >= 11 is 0. The van der Waals surface area contributed by atoms with E-state index >= 15 is 0 Å². The maximum atomic E-state index is 5.87. The highest BCUT2D eigenvalue weighted by atomic mass is 15.0. The van der Waals surface area contributed by atoms with Gasteiger partial charge in [0.15, 0.2) is 0 Å². The van der Waals surface area contributed by atoms with E-state index in [9.17, 15) is 0 Å². The molecule has 4 nitrogen and oxygen atoms in total. The fraction of sp³-hybridized carbons (Fsp3) is 0.500. The molecule has 4 heteroatoms. The lowest BCUT2D eigenvalue weighted by Crippen LogP contribution is -2.09. The third kappa shape index (κ3) is 3.22. The molecule has 0 fully saturated rings. The molecule has 1 aromatic heterocycles. The summed E-state index contributed by atoms with van der Waals surface area (Å²) in [5.74, 6) is 0.758. The number of hydrogen-bond donors (Lipinski definition) is 2. The molecule has 0 saturated carbocycles. The van der Waals surface area contributed by atoms with E-state index in [0.29, 0.717) is 12.2 Å². The van der Waals surface area contributed by atoms with E-state index in [0.717, 1.165) is 24.1 Å². The molecular formula is C12H20N4. The van der Waals surface area contributed by atoms with Crippen molar-refractivity contribution in [3.8, 4) is 0 Å². The zero-order valence-corrected chi connectivity index (χ0v) is 9.87. The zero-order chi connectivity index (χ0) is 12.0. The van der Waals surface area contributed by atoms with E-state index in [1.54, 1.807) is 0 Å². The zero-order valence-electron chi connectivity index (χ0n) is 9.87. The number of allylic oxidation sites excluding steroid dienone is 1. The van der Waals surface area contributed by atoms with Crippen LogP contribution in [0.3, 0.4) is 0 Å². The van der Waals surface area contributed by atoms with Crippen LogP contribution in [0.2, 0.25) is 0 Å². The first-order chi connectivity index (χ1) is 7.69. The Morgan fingerprint density at radius 3 is 2.62 bits per heavy atom. The highest BCUT2D eigenvalue weighted by molar-refractivity contribution is 5.46. The Morgan fingerprint density at radius 2 is 2.00 bits per heavy atom.